The van der Waals surface area contributed by atoms with E-state index >= 15 is 0 Å². The smallest absolute Gasteiger partial charge is 0.160 e. The lowest BCUT2D eigenvalue weighted by Gasteiger charge is -2.13. The van der Waals surface area contributed by atoms with E-state index in [1.165, 1.54) is 54.8 Å². The molecule has 0 spiro atoms. The van der Waals surface area contributed by atoms with Gasteiger partial charge in [0.2, 0.25) is 0 Å². The lowest BCUT2D eigenvalue weighted by molar-refractivity contribution is 1.17. The summed E-state index contributed by atoms with van der Waals surface area (Å²) in [4.78, 5) is 10.1. The van der Waals surface area contributed by atoms with E-state index in [2.05, 4.69) is 138 Å². The van der Waals surface area contributed by atoms with Gasteiger partial charge in [-0.05, 0) is 63.9 Å². The van der Waals surface area contributed by atoms with Gasteiger partial charge in [0.25, 0.3) is 0 Å². The van der Waals surface area contributed by atoms with Crippen LogP contribution in [0.15, 0.2) is 152 Å². The van der Waals surface area contributed by atoms with Gasteiger partial charge in [0.1, 0.15) is 0 Å². The Labute approximate surface area is 259 Å². The molecule has 0 N–H and O–H groups in total. The zero-order chi connectivity index (χ0) is 29.5. The number of para-hydroxylation sites is 2. The van der Waals surface area contributed by atoms with Gasteiger partial charge in [-0.3, -0.25) is 0 Å². The molecule has 0 bridgehead atoms. The molecule has 0 amide bonds. The Kier molecular flexibility index (Phi) is 5.00. The van der Waals surface area contributed by atoms with Crippen LogP contribution in [-0.4, -0.2) is 14.5 Å². The molecule has 9 aromatic rings. The van der Waals surface area contributed by atoms with E-state index in [0.717, 1.165) is 39.2 Å². The topological polar surface area (TPSA) is 30.7 Å². The molecular weight excluding hydrogens is 546 g/mol. The van der Waals surface area contributed by atoms with E-state index in [9.17, 15) is 0 Å². The molecular formula is C42H25N3. The molecule has 208 valence electrons. The highest BCUT2D eigenvalue weighted by molar-refractivity contribution is 6.24. The van der Waals surface area contributed by atoms with Gasteiger partial charge >= 0.3 is 0 Å². The van der Waals surface area contributed by atoms with Crippen LogP contribution >= 0.6 is 0 Å². The average Bonchev–Trinajstić information content (AvgIpc) is 3.62. The Morgan fingerprint density at radius 3 is 2.02 bits per heavy atom. The highest BCUT2D eigenvalue weighted by atomic mass is 15.0. The lowest BCUT2D eigenvalue weighted by atomic mass is 10.0. The summed E-state index contributed by atoms with van der Waals surface area (Å²) in [5, 5.41) is 6.21. The minimum atomic E-state index is 0.726. The zero-order valence-corrected chi connectivity index (χ0v) is 24.3. The fraction of sp³-hybridized carbons (Fsp3) is 0. The van der Waals surface area contributed by atoms with Crippen molar-refractivity contribution in [2.45, 2.75) is 0 Å². The minimum absolute atomic E-state index is 0.726. The van der Waals surface area contributed by atoms with E-state index in [4.69, 9.17) is 9.97 Å². The zero-order valence-electron chi connectivity index (χ0n) is 24.3. The molecule has 2 heterocycles. The van der Waals surface area contributed by atoms with E-state index < -0.39 is 0 Å². The molecule has 0 unspecified atom stereocenters. The molecule has 0 aliphatic heterocycles. The molecule has 3 heteroatoms. The van der Waals surface area contributed by atoms with Crippen LogP contribution in [0.4, 0.5) is 0 Å². The van der Waals surface area contributed by atoms with E-state index in [-0.39, 0.29) is 0 Å². The standard InChI is InChI=1S/C42H25N3/c1-2-10-27(11-3-1)40-34-15-4-6-18-36(34)43-42(44-40)28-20-22-29(23-21-28)45-37-19-7-5-14-30(37)33-25-24-32-31-16-8-12-26-13-9-17-35(38(26)31)39(32)41(33)45/h1-25H. The van der Waals surface area contributed by atoms with Crippen LogP contribution in [0.3, 0.4) is 0 Å². The molecule has 0 saturated heterocycles. The predicted molar refractivity (Wildman–Crippen MR) is 187 cm³/mol. The van der Waals surface area contributed by atoms with Crippen LogP contribution in [0.5, 0.6) is 0 Å². The van der Waals surface area contributed by atoms with Crippen LogP contribution in [0, 0.1) is 0 Å². The Morgan fingerprint density at radius 2 is 1.18 bits per heavy atom. The summed E-state index contributed by atoms with van der Waals surface area (Å²) in [6.45, 7) is 0. The first kappa shape index (κ1) is 24.4. The van der Waals surface area contributed by atoms with E-state index in [0.29, 0.717) is 0 Å². The predicted octanol–water partition coefficient (Wildman–Crippen LogP) is 10.9. The van der Waals surface area contributed by atoms with Crippen molar-refractivity contribution in [3.05, 3.63) is 152 Å². The number of benzene rings is 7. The van der Waals surface area contributed by atoms with Crippen molar-refractivity contribution in [2.24, 2.45) is 0 Å². The van der Waals surface area contributed by atoms with Crippen LogP contribution in [0.2, 0.25) is 0 Å². The molecule has 10 rings (SSSR count). The molecule has 3 nitrogen and oxygen atoms in total. The van der Waals surface area contributed by atoms with Gasteiger partial charge < -0.3 is 4.57 Å². The van der Waals surface area contributed by atoms with E-state index in [1.807, 2.05) is 18.2 Å². The molecule has 0 atom stereocenters. The maximum Gasteiger partial charge on any atom is 0.160 e. The molecule has 0 fully saturated rings. The first-order chi connectivity index (χ1) is 22.3. The number of aromatic nitrogens is 3. The monoisotopic (exact) mass is 571 g/mol. The SMILES string of the molecule is c1ccc(-c2nc(-c3ccc(-n4c5ccccc5c5ccc6c(c54)-c4cccc5cccc-6c45)cc3)nc3ccccc23)cc1. The van der Waals surface area contributed by atoms with Crippen molar-refractivity contribution < 1.29 is 0 Å². The molecule has 45 heavy (non-hydrogen) atoms. The van der Waals surface area contributed by atoms with Crippen molar-refractivity contribution in [2.75, 3.05) is 0 Å². The van der Waals surface area contributed by atoms with Gasteiger partial charge in [-0.1, -0.05) is 115 Å². The summed E-state index contributed by atoms with van der Waals surface area (Å²) in [6.07, 6.45) is 0. The van der Waals surface area contributed by atoms with Gasteiger partial charge in [-0.2, -0.15) is 0 Å². The fourth-order valence-electron chi connectivity index (χ4n) is 7.38. The number of nitrogens with zero attached hydrogens (tertiary/aromatic N) is 3. The highest BCUT2D eigenvalue weighted by Gasteiger charge is 2.26. The summed E-state index contributed by atoms with van der Waals surface area (Å²) in [5.41, 5.74) is 12.8. The Morgan fingerprint density at radius 1 is 0.444 bits per heavy atom. The van der Waals surface area contributed by atoms with Crippen LogP contribution in [0.25, 0.3) is 94.1 Å². The highest BCUT2D eigenvalue weighted by Crippen LogP contribution is 2.51. The van der Waals surface area contributed by atoms with E-state index in [1.54, 1.807) is 0 Å². The van der Waals surface area contributed by atoms with Crippen LogP contribution < -0.4 is 0 Å². The first-order valence-electron chi connectivity index (χ1n) is 15.4. The third-order valence-electron chi connectivity index (χ3n) is 9.34. The third kappa shape index (κ3) is 3.46. The van der Waals surface area contributed by atoms with Crippen molar-refractivity contribution in [3.63, 3.8) is 0 Å². The Bertz CT molecular complexity index is 2620. The van der Waals surface area contributed by atoms with Crippen molar-refractivity contribution in [1.82, 2.24) is 14.5 Å². The van der Waals surface area contributed by atoms with Gasteiger partial charge in [-0.15, -0.1) is 0 Å². The molecule has 0 saturated carbocycles. The van der Waals surface area contributed by atoms with Gasteiger partial charge in [-0.25, -0.2) is 9.97 Å². The number of hydrogen-bond acceptors (Lipinski definition) is 2. The second-order valence-corrected chi connectivity index (χ2v) is 11.8. The number of rotatable bonds is 3. The largest absolute Gasteiger partial charge is 0.309 e. The maximum atomic E-state index is 5.11. The summed E-state index contributed by atoms with van der Waals surface area (Å²) in [5.74, 6) is 0.726. The second kappa shape index (κ2) is 9.22. The normalized spacial score (nSPS) is 12.0. The average molecular weight is 572 g/mol. The maximum absolute atomic E-state index is 5.11. The summed E-state index contributed by atoms with van der Waals surface area (Å²) in [6, 6.07) is 54.1. The first-order valence-corrected chi connectivity index (χ1v) is 15.4. The van der Waals surface area contributed by atoms with Crippen molar-refractivity contribution >= 4 is 43.5 Å². The molecule has 0 radical (unpaired) electrons. The molecule has 1 aliphatic rings. The van der Waals surface area contributed by atoms with Gasteiger partial charge in [0, 0.05) is 38.5 Å². The Balaban J connectivity index is 1.19. The van der Waals surface area contributed by atoms with Crippen molar-refractivity contribution in [1.29, 1.82) is 0 Å². The van der Waals surface area contributed by atoms with Gasteiger partial charge in [0.15, 0.2) is 5.82 Å². The molecule has 7 aromatic carbocycles. The summed E-state index contributed by atoms with van der Waals surface area (Å²) >= 11 is 0. The number of fused-ring (bicyclic) bond motifs is 8. The minimum Gasteiger partial charge on any atom is -0.309 e. The summed E-state index contributed by atoms with van der Waals surface area (Å²) < 4.78 is 2.44. The number of hydrogen-bond donors (Lipinski definition) is 0. The third-order valence-corrected chi connectivity index (χ3v) is 9.34. The fourth-order valence-corrected chi connectivity index (χ4v) is 7.38. The van der Waals surface area contributed by atoms with Crippen LogP contribution in [0.1, 0.15) is 0 Å². The molecule has 1 aliphatic carbocycles. The van der Waals surface area contributed by atoms with Crippen LogP contribution in [-0.2, 0) is 0 Å². The Hall–Kier alpha value is -6.06. The van der Waals surface area contributed by atoms with Gasteiger partial charge in [0.05, 0.1) is 22.2 Å². The summed E-state index contributed by atoms with van der Waals surface area (Å²) in [7, 11) is 0. The quantitative estimate of drug-likeness (QED) is 0.211. The van der Waals surface area contributed by atoms with Crippen molar-refractivity contribution in [3.8, 4) is 50.6 Å². The lowest BCUT2D eigenvalue weighted by Crippen LogP contribution is -1.97. The second-order valence-electron chi connectivity index (χ2n) is 11.8. The molecule has 2 aromatic heterocycles.